The van der Waals surface area contributed by atoms with Crippen molar-refractivity contribution < 1.29 is 28.5 Å². The zero-order chi connectivity index (χ0) is 29.3. The van der Waals surface area contributed by atoms with Crippen LogP contribution in [0, 0.1) is 11.3 Å². The summed E-state index contributed by atoms with van der Waals surface area (Å²) in [6.45, 7) is 15.8. The molecule has 3 atom stereocenters. The van der Waals surface area contributed by atoms with Crippen molar-refractivity contribution in [1.82, 2.24) is 9.80 Å². The highest BCUT2D eigenvalue weighted by Gasteiger charge is 2.49. The zero-order valence-electron chi connectivity index (χ0n) is 25.9. The molecule has 1 saturated heterocycles. The van der Waals surface area contributed by atoms with Crippen LogP contribution in [0.15, 0.2) is 12.1 Å². The second kappa shape index (κ2) is 14.9. The number of likely N-dealkylation sites (tertiary alicyclic amines) is 1. The minimum absolute atomic E-state index is 0.0109. The molecule has 0 unspecified atom stereocenters. The number of benzene rings is 1. The van der Waals surface area contributed by atoms with E-state index in [9.17, 15) is 9.59 Å². The van der Waals surface area contributed by atoms with Gasteiger partial charge in [-0.2, -0.15) is 0 Å². The monoisotopic (exact) mass is 560 g/mol. The molecule has 0 bridgehead atoms. The number of nitrogens with zero attached hydrogens (tertiary/aromatic N) is 2. The predicted molar refractivity (Wildman–Crippen MR) is 157 cm³/mol. The molecule has 0 aliphatic carbocycles. The summed E-state index contributed by atoms with van der Waals surface area (Å²) in [6, 6.07) is 3.81. The molecule has 1 amide bonds. The van der Waals surface area contributed by atoms with Gasteiger partial charge in [-0.1, -0.05) is 53.9 Å². The maximum Gasteiger partial charge on any atom is 0.311 e. The lowest BCUT2D eigenvalue weighted by Gasteiger charge is -2.35. The van der Waals surface area contributed by atoms with Gasteiger partial charge in [-0.25, -0.2) is 0 Å². The summed E-state index contributed by atoms with van der Waals surface area (Å²) in [5.41, 5.74) is 0.957. The van der Waals surface area contributed by atoms with E-state index in [0.29, 0.717) is 36.9 Å². The fourth-order valence-corrected chi connectivity index (χ4v) is 6.35. The highest BCUT2D eigenvalue weighted by atomic mass is 16.7. The van der Waals surface area contributed by atoms with E-state index in [1.165, 1.54) is 0 Å². The highest BCUT2D eigenvalue weighted by molar-refractivity contribution is 5.79. The second-order valence-electron chi connectivity index (χ2n) is 12.0. The van der Waals surface area contributed by atoms with Crippen LogP contribution < -0.4 is 14.2 Å². The summed E-state index contributed by atoms with van der Waals surface area (Å²) in [6.07, 6.45) is 7.00. The van der Waals surface area contributed by atoms with Gasteiger partial charge in [-0.15, -0.1) is 0 Å². The topological polar surface area (TPSA) is 77.5 Å². The molecule has 2 aliphatic heterocycles. The van der Waals surface area contributed by atoms with E-state index in [-0.39, 0.29) is 36.0 Å². The zero-order valence-corrected chi connectivity index (χ0v) is 25.9. The van der Waals surface area contributed by atoms with Gasteiger partial charge >= 0.3 is 5.97 Å². The van der Waals surface area contributed by atoms with E-state index in [4.69, 9.17) is 18.9 Å². The number of carbonyl (C=O) groups is 2. The molecule has 0 spiro atoms. The Bertz CT molecular complexity index is 972. The van der Waals surface area contributed by atoms with Crippen LogP contribution >= 0.6 is 0 Å². The van der Waals surface area contributed by atoms with Gasteiger partial charge < -0.3 is 23.8 Å². The number of amides is 1. The molecule has 8 nitrogen and oxygen atoms in total. The van der Waals surface area contributed by atoms with Gasteiger partial charge in [-0.3, -0.25) is 14.5 Å². The van der Waals surface area contributed by atoms with Crippen LogP contribution in [0.3, 0.4) is 0 Å². The third kappa shape index (κ3) is 7.83. The van der Waals surface area contributed by atoms with Crippen LogP contribution in [0.5, 0.6) is 17.2 Å². The lowest BCUT2D eigenvalue weighted by Crippen LogP contribution is -2.46. The summed E-state index contributed by atoms with van der Waals surface area (Å²) in [5, 5.41) is 0. The average Bonchev–Trinajstić information content (AvgIpc) is 3.53. The number of hydrogen-bond acceptors (Lipinski definition) is 7. The van der Waals surface area contributed by atoms with Crippen molar-refractivity contribution >= 4 is 11.9 Å². The maximum atomic E-state index is 13.8. The molecular weight excluding hydrogens is 508 g/mol. The fraction of sp³-hybridized carbons (Fsp3) is 0.750. The van der Waals surface area contributed by atoms with Gasteiger partial charge in [0.2, 0.25) is 18.4 Å². The molecule has 1 aromatic carbocycles. The third-order valence-corrected chi connectivity index (χ3v) is 8.36. The number of rotatable bonds is 16. The Balaban J connectivity index is 2.01. The third-order valence-electron chi connectivity index (χ3n) is 8.36. The lowest BCUT2D eigenvalue weighted by atomic mass is 9.76. The standard InChI is InChI=1S/C32H52N2O6/c1-8-12-15-33(16-13-9-2)28(35)21-34-20-24(23-17-26(37-7)30-27(18-23)39-22-40-30)29(31(36)38-11-4)25(34)19-32(5,6)14-10-3/h17-18,24-25,29H,8-16,19-22H2,1-7H3/t24-,25+,29-/m1/s1. The SMILES string of the molecule is CCCCN(CCCC)C(=O)CN1C[C@H](c2cc(OC)c3c(c2)OCO3)[C@@H](C(=O)OCC)[C@@H]1CC(C)(C)CCC. The first-order chi connectivity index (χ1) is 19.2. The Hall–Kier alpha value is -2.48. The van der Waals surface area contributed by atoms with Crippen LogP contribution in [0.2, 0.25) is 0 Å². The van der Waals surface area contributed by atoms with Crippen molar-refractivity contribution in [3.8, 4) is 17.2 Å². The molecule has 1 fully saturated rings. The largest absolute Gasteiger partial charge is 0.493 e. The molecule has 0 saturated carbocycles. The molecule has 1 aromatic rings. The number of fused-ring (bicyclic) bond motifs is 1. The quantitative estimate of drug-likeness (QED) is 0.229. The number of hydrogen-bond donors (Lipinski definition) is 0. The molecule has 0 N–H and O–H groups in total. The second-order valence-corrected chi connectivity index (χ2v) is 12.0. The first-order valence-electron chi connectivity index (χ1n) is 15.4. The molecule has 3 rings (SSSR count). The Morgan fingerprint density at radius 3 is 2.35 bits per heavy atom. The molecule has 2 aliphatic rings. The number of unbranched alkanes of at least 4 members (excludes halogenated alkanes) is 2. The molecule has 226 valence electrons. The van der Waals surface area contributed by atoms with Crippen LogP contribution in [0.25, 0.3) is 0 Å². The van der Waals surface area contributed by atoms with Crippen molar-refractivity contribution in [2.24, 2.45) is 11.3 Å². The van der Waals surface area contributed by atoms with Crippen molar-refractivity contribution in [2.45, 2.75) is 98.4 Å². The minimum Gasteiger partial charge on any atom is -0.493 e. The fourth-order valence-electron chi connectivity index (χ4n) is 6.35. The molecule has 0 aromatic heterocycles. The van der Waals surface area contributed by atoms with Gasteiger partial charge in [-0.05, 0) is 55.7 Å². The van der Waals surface area contributed by atoms with Crippen LogP contribution in [-0.2, 0) is 14.3 Å². The lowest BCUT2D eigenvalue weighted by molar-refractivity contribution is -0.150. The smallest absolute Gasteiger partial charge is 0.311 e. The van der Waals surface area contributed by atoms with E-state index in [2.05, 4.69) is 39.5 Å². The van der Waals surface area contributed by atoms with Crippen LogP contribution in [0.4, 0.5) is 0 Å². The Labute approximate surface area is 241 Å². The first kappa shape index (κ1) is 32.0. The van der Waals surface area contributed by atoms with E-state index >= 15 is 0 Å². The Morgan fingerprint density at radius 2 is 1.75 bits per heavy atom. The minimum atomic E-state index is -0.409. The van der Waals surface area contributed by atoms with Gasteiger partial charge in [0.1, 0.15) is 0 Å². The molecule has 40 heavy (non-hydrogen) atoms. The Kier molecular flexibility index (Phi) is 12.0. The van der Waals surface area contributed by atoms with E-state index in [1.807, 2.05) is 24.0 Å². The number of methoxy groups -OCH3 is 1. The summed E-state index contributed by atoms with van der Waals surface area (Å²) >= 11 is 0. The normalized spacial score (nSPS) is 20.5. The van der Waals surface area contributed by atoms with Crippen LogP contribution in [0.1, 0.15) is 98.0 Å². The summed E-state index contributed by atoms with van der Waals surface area (Å²) in [5.74, 6) is 1.17. The van der Waals surface area contributed by atoms with Crippen molar-refractivity contribution in [3.05, 3.63) is 17.7 Å². The molecular formula is C32H52N2O6. The first-order valence-corrected chi connectivity index (χ1v) is 15.4. The summed E-state index contributed by atoms with van der Waals surface area (Å²) in [7, 11) is 1.61. The van der Waals surface area contributed by atoms with E-state index < -0.39 is 5.92 Å². The van der Waals surface area contributed by atoms with Gasteiger partial charge in [0.15, 0.2) is 11.5 Å². The van der Waals surface area contributed by atoms with Crippen LogP contribution in [-0.4, -0.2) is 74.4 Å². The summed E-state index contributed by atoms with van der Waals surface area (Å²) in [4.78, 5) is 31.7. The van der Waals surface area contributed by atoms with Gasteiger partial charge in [0, 0.05) is 31.6 Å². The summed E-state index contributed by atoms with van der Waals surface area (Å²) < 4.78 is 22.7. The van der Waals surface area contributed by atoms with E-state index in [1.54, 1.807) is 7.11 Å². The van der Waals surface area contributed by atoms with E-state index in [0.717, 1.165) is 63.6 Å². The number of esters is 1. The average molecular weight is 561 g/mol. The van der Waals surface area contributed by atoms with Crippen molar-refractivity contribution in [2.75, 3.05) is 46.7 Å². The van der Waals surface area contributed by atoms with Crippen molar-refractivity contribution in [3.63, 3.8) is 0 Å². The Morgan fingerprint density at radius 1 is 1.05 bits per heavy atom. The molecule has 8 heteroatoms. The van der Waals surface area contributed by atoms with Gasteiger partial charge in [0.25, 0.3) is 0 Å². The van der Waals surface area contributed by atoms with Crippen molar-refractivity contribution in [1.29, 1.82) is 0 Å². The highest BCUT2D eigenvalue weighted by Crippen LogP contribution is 2.48. The predicted octanol–water partition coefficient (Wildman–Crippen LogP) is 6.02. The number of carbonyl (C=O) groups excluding carboxylic acids is 2. The van der Waals surface area contributed by atoms with Gasteiger partial charge in [0.05, 0.1) is 26.2 Å². The maximum absolute atomic E-state index is 13.8. The number of ether oxygens (including phenoxy) is 4. The molecule has 0 radical (unpaired) electrons. The molecule has 2 heterocycles.